The number of halogens is 2. The lowest BCUT2D eigenvalue weighted by Crippen LogP contribution is -2.41. The Balaban J connectivity index is 0.000000451. The van der Waals surface area contributed by atoms with Crippen molar-refractivity contribution >= 4 is 29.3 Å². The molecule has 2 aliphatic rings. The second-order valence-electron chi connectivity index (χ2n) is 11.5. The number of hydrogen-bond donors (Lipinski definition) is 2. The van der Waals surface area contributed by atoms with Crippen LogP contribution in [0.1, 0.15) is 98.1 Å². The van der Waals surface area contributed by atoms with Gasteiger partial charge in [-0.05, 0) is 82.5 Å². The highest BCUT2D eigenvalue weighted by Gasteiger charge is 2.25. The zero-order chi connectivity index (χ0) is 31.4. The zero-order valence-corrected chi connectivity index (χ0v) is 26.9. The second kappa shape index (κ2) is 19.3. The lowest BCUT2D eigenvalue weighted by atomic mass is 9.86. The fourth-order valence-corrected chi connectivity index (χ4v) is 5.07. The Hall–Kier alpha value is -3.31. The van der Waals surface area contributed by atoms with Gasteiger partial charge in [0.2, 0.25) is 22.3 Å². The fourth-order valence-electron chi connectivity index (χ4n) is 4.82. The van der Waals surface area contributed by atoms with Gasteiger partial charge in [-0.15, -0.1) is 0 Å². The molecule has 45 heavy (non-hydrogen) atoms. The molecule has 2 aromatic heterocycles. The largest absolute Gasteiger partial charge is 0.480 e. The molecule has 0 unspecified atom stereocenters. The van der Waals surface area contributed by atoms with E-state index >= 15 is 0 Å². The zero-order valence-electron chi connectivity index (χ0n) is 25.4. The number of hydrogen-bond acceptors (Lipinski definition) is 9. The van der Waals surface area contributed by atoms with Crippen LogP contribution in [0.15, 0.2) is 12.4 Å². The van der Waals surface area contributed by atoms with E-state index in [1.807, 2.05) is 20.8 Å². The average Bonchev–Trinajstić information content (AvgIpc) is 2.95. The molecule has 2 fully saturated rings. The van der Waals surface area contributed by atoms with Crippen molar-refractivity contribution in [2.24, 2.45) is 17.6 Å². The first kappa shape index (κ1) is 39.7. The Morgan fingerprint density at radius 1 is 0.867 bits per heavy atom. The Morgan fingerprint density at radius 2 is 1.36 bits per heavy atom. The summed E-state index contributed by atoms with van der Waals surface area (Å²) in [6, 6.07) is 0.354. The Morgan fingerprint density at radius 3 is 1.82 bits per heavy atom. The van der Waals surface area contributed by atoms with Crippen molar-refractivity contribution in [3.8, 4) is 35.4 Å². The van der Waals surface area contributed by atoms with Crippen LogP contribution in [-0.4, -0.2) is 57.9 Å². The Kier molecular flexibility index (Phi) is 17.0. The monoisotopic (exact) mass is 662 g/mol. The summed E-state index contributed by atoms with van der Waals surface area (Å²) in [6.07, 6.45) is 10.8. The SMILES string of the molecule is C.C.COc1nc(Cl)ncc1C#C[C@@H]1CCC[C@H](N)C1.COc1nc(Cl)ncc1C#C[C@@H]1CCC[C@H](NC(=O)OC(C)(C)C)C1. The van der Waals surface area contributed by atoms with E-state index in [4.69, 9.17) is 43.1 Å². The van der Waals surface area contributed by atoms with Crippen LogP contribution in [0.3, 0.4) is 0 Å². The molecule has 0 saturated heterocycles. The predicted molar refractivity (Wildman–Crippen MR) is 179 cm³/mol. The summed E-state index contributed by atoms with van der Waals surface area (Å²) in [5, 5.41) is 3.23. The normalized spacial score (nSPS) is 20.4. The molecule has 10 nitrogen and oxygen atoms in total. The summed E-state index contributed by atoms with van der Waals surface area (Å²) in [4.78, 5) is 27.7. The standard InChI is InChI=1S/C18H24ClN3O3.C13H16ClN3O.2CH4/c1-18(2,3)25-17(23)21-14-7-5-6-12(10-14)8-9-13-11-20-16(19)22-15(13)24-4;1-18-12-10(8-16-13(14)17-12)6-5-9-3-2-4-11(15)7-9;;/h11-12,14H,5-7,10H2,1-4H3,(H,21,23);8-9,11H,2-4,7,15H2,1H3;2*1H4/t12-,14-;9-,11-;;/m00../s1. The lowest BCUT2D eigenvalue weighted by molar-refractivity contribution is 0.0489. The van der Waals surface area contributed by atoms with Crippen molar-refractivity contribution in [3.63, 3.8) is 0 Å². The summed E-state index contributed by atoms with van der Waals surface area (Å²) in [7, 11) is 3.06. The molecular formula is C33H48Cl2N6O4. The molecule has 0 aromatic carbocycles. The molecular weight excluding hydrogens is 615 g/mol. The molecule has 0 aliphatic heterocycles. The number of rotatable bonds is 3. The summed E-state index contributed by atoms with van der Waals surface area (Å²) < 4.78 is 15.6. The van der Waals surface area contributed by atoms with Gasteiger partial charge in [0.05, 0.1) is 26.6 Å². The average molecular weight is 664 g/mol. The molecule has 0 spiro atoms. The van der Waals surface area contributed by atoms with Crippen LogP contribution in [0, 0.1) is 35.5 Å². The first-order chi connectivity index (χ1) is 20.5. The molecule has 3 N–H and O–H groups in total. The quantitative estimate of drug-likeness (QED) is 0.267. The van der Waals surface area contributed by atoms with Gasteiger partial charge in [0.25, 0.3) is 0 Å². The van der Waals surface area contributed by atoms with E-state index in [1.165, 1.54) is 7.11 Å². The number of nitrogens with zero attached hydrogens (tertiary/aromatic N) is 4. The minimum Gasteiger partial charge on any atom is -0.480 e. The van der Waals surface area contributed by atoms with E-state index in [2.05, 4.69) is 48.9 Å². The van der Waals surface area contributed by atoms with Crippen LogP contribution in [0.25, 0.3) is 0 Å². The molecule has 12 heteroatoms. The van der Waals surface area contributed by atoms with Crippen molar-refractivity contribution in [2.75, 3.05) is 14.2 Å². The number of amides is 1. The van der Waals surface area contributed by atoms with Crippen molar-refractivity contribution in [3.05, 3.63) is 34.1 Å². The minimum absolute atomic E-state index is 0. The number of alkyl carbamates (subject to hydrolysis) is 1. The number of nitrogens with one attached hydrogen (secondary N) is 1. The number of methoxy groups -OCH3 is 2. The van der Waals surface area contributed by atoms with Gasteiger partial charge in [0, 0.05) is 23.9 Å². The topological polar surface area (TPSA) is 134 Å². The molecule has 248 valence electrons. The number of carbonyl (C=O) groups is 1. The Bertz CT molecular complexity index is 1360. The van der Waals surface area contributed by atoms with Crippen LogP contribution in [0.2, 0.25) is 10.6 Å². The third-order valence-corrected chi connectivity index (χ3v) is 7.13. The molecule has 0 bridgehead atoms. The van der Waals surface area contributed by atoms with Crippen LogP contribution in [0.5, 0.6) is 11.8 Å². The third kappa shape index (κ3) is 14.1. The Labute approximate surface area is 278 Å². The van der Waals surface area contributed by atoms with Crippen molar-refractivity contribution in [2.45, 2.75) is 105 Å². The van der Waals surface area contributed by atoms with Crippen molar-refractivity contribution in [1.29, 1.82) is 0 Å². The lowest BCUT2D eigenvalue weighted by Gasteiger charge is -2.28. The summed E-state index contributed by atoms with van der Waals surface area (Å²) >= 11 is 11.5. The van der Waals surface area contributed by atoms with Crippen LogP contribution in [-0.2, 0) is 4.74 Å². The van der Waals surface area contributed by atoms with E-state index in [1.54, 1.807) is 19.5 Å². The van der Waals surface area contributed by atoms with Gasteiger partial charge < -0.3 is 25.3 Å². The molecule has 2 saturated carbocycles. The summed E-state index contributed by atoms with van der Waals surface area (Å²) in [6.45, 7) is 5.55. The van der Waals surface area contributed by atoms with Gasteiger partial charge >= 0.3 is 6.09 Å². The molecule has 4 atom stereocenters. The molecule has 2 heterocycles. The van der Waals surface area contributed by atoms with Crippen molar-refractivity contribution in [1.82, 2.24) is 25.3 Å². The van der Waals surface area contributed by atoms with Gasteiger partial charge in [-0.3, -0.25) is 0 Å². The van der Waals surface area contributed by atoms with Gasteiger partial charge in [0.1, 0.15) is 16.7 Å². The van der Waals surface area contributed by atoms with E-state index in [-0.39, 0.29) is 49.5 Å². The van der Waals surface area contributed by atoms with Gasteiger partial charge in [-0.2, -0.15) is 9.97 Å². The molecule has 2 aliphatic carbocycles. The highest BCUT2D eigenvalue weighted by molar-refractivity contribution is 6.28. The summed E-state index contributed by atoms with van der Waals surface area (Å²) in [5.41, 5.74) is 6.71. The predicted octanol–water partition coefficient (Wildman–Crippen LogP) is 6.85. The van der Waals surface area contributed by atoms with E-state index < -0.39 is 5.60 Å². The van der Waals surface area contributed by atoms with Gasteiger partial charge in [0.15, 0.2) is 0 Å². The van der Waals surface area contributed by atoms with Crippen LogP contribution in [0.4, 0.5) is 4.79 Å². The van der Waals surface area contributed by atoms with Crippen LogP contribution >= 0.6 is 23.2 Å². The molecule has 2 aromatic rings. The fraction of sp³-hybridized carbons (Fsp3) is 0.606. The summed E-state index contributed by atoms with van der Waals surface area (Å²) in [5.74, 6) is 13.9. The smallest absolute Gasteiger partial charge is 0.407 e. The number of ether oxygens (including phenoxy) is 3. The number of nitrogens with two attached hydrogens (primary N) is 1. The first-order valence-corrected chi connectivity index (χ1v) is 15.1. The maximum atomic E-state index is 11.9. The first-order valence-electron chi connectivity index (χ1n) is 14.4. The van der Waals surface area contributed by atoms with Gasteiger partial charge in [-0.1, -0.05) is 51.4 Å². The van der Waals surface area contributed by atoms with E-state index in [0.717, 1.165) is 51.4 Å². The third-order valence-electron chi connectivity index (χ3n) is 6.77. The van der Waals surface area contributed by atoms with E-state index in [0.29, 0.717) is 28.8 Å². The maximum absolute atomic E-state index is 11.9. The van der Waals surface area contributed by atoms with Gasteiger partial charge in [-0.25, -0.2) is 14.8 Å². The highest BCUT2D eigenvalue weighted by atomic mass is 35.5. The highest BCUT2D eigenvalue weighted by Crippen LogP contribution is 2.25. The molecule has 1 amide bonds. The molecule has 4 rings (SSSR count). The maximum Gasteiger partial charge on any atom is 0.407 e. The number of aromatic nitrogens is 4. The second-order valence-corrected chi connectivity index (χ2v) is 12.2. The van der Waals surface area contributed by atoms with E-state index in [9.17, 15) is 4.79 Å². The minimum atomic E-state index is -0.497. The van der Waals surface area contributed by atoms with Crippen LogP contribution < -0.4 is 20.5 Å². The number of carbonyl (C=O) groups excluding carboxylic acids is 1. The van der Waals surface area contributed by atoms with Crippen molar-refractivity contribution < 1.29 is 19.0 Å². The molecule has 0 radical (unpaired) electrons.